The highest BCUT2D eigenvalue weighted by Crippen LogP contribution is 2.28. The van der Waals surface area contributed by atoms with Crippen LogP contribution >= 0.6 is 11.8 Å². The van der Waals surface area contributed by atoms with Crippen molar-refractivity contribution >= 4 is 28.6 Å². The van der Waals surface area contributed by atoms with Crippen LogP contribution in [0.3, 0.4) is 0 Å². The maximum atomic E-state index is 14.5. The van der Waals surface area contributed by atoms with Crippen molar-refractivity contribution in [1.29, 1.82) is 0 Å². The zero-order valence-corrected chi connectivity index (χ0v) is 16.6. The van der Waals surface area contributed by atoms with Gasteiger partial charge in [0.05, 0.1) is 21.8 Å². The highest BCUT2D eigenvalue weighted by Gasteiger charge is 2.26. The van der Waals surface area contributed by atoms with E-state index in [9.17, 15) is 18.4 Å². The van der Waals surface area contributed by atoms with Crippen molar-refractivity contribution in [1.82, 2.24) is 14.5 Å². The Morgan fingerprint density at radius 2 is 1.86 bits per heavy atom. The summed E-state index contributed by atoms with van der Waals surface area (Å²) in [6, 6.07) is 9.78. The molecule has 8 heteroatoms. The van der Waals surface area contributed by atoms with Crippen LogP contribution in [0.5, 0.6) is 0 Å². The first-order valence-corrected chi connectivity index (χ1v) is 10.3. The van der Waals surface area contributed by atoms with Gasteiger partial charge in [0.1, 0.15) is 11.6 Å². The molecule has 0 radical (unpaired) electrons. The van der Waals surface area contributed by atoms with Crippen LogP contribution in [0.15, 0.2) is 52.4 Å². The summed E-state index contributed by atoms with van der Waals surface area (Å²) >= 11 is 1.10. The fourth-order valence-electron chi connectivity index (χ4n) is 3.47. The second-order valence-corrected chi connectivity index (χ2v) is 8.25. The number of halogens is 2. The number of hydrogen-bond donors (Lipinski definition) is 0. The van der Waals surface area contributed by atoms with Crippen molar-refractivity contribution in [2.75, 3.05) is 13.1 Å². The highest BCUT2D eigenvalue weighted by molar-refractivity contribution is 8.00. The number of rotatable bonds is 4. The van der Waals surface area contributed by atoms with E-state index in [2.05, 4.69) is 4.98 Å². The Morgan fingerprint density at radius 3 is 2.59 bits per heavy atom. The molecule has 0 aliphatic carbocycles. The smallest absolute Gasteiger partial charge is 0.266 e. The number of aromatic nitrogens is 2. The van der Waals surface area contributed by atoms with Crippen LogP contribution in [0.1, 0.15) is 19.8 Å². The highest BCUT2D eigenvalue weighted by atomic mass is 32.2. The summed E-state index contributed by atoms with van der Waals surface area (Å²) < 4.78 is 29.1. The molecule has 1 aliphatic heterocycles. The van der Waals surface area contributed by atoms with Gasteiger partial charge in [0.25, 0.3) is 5.56 Å². The Hall–Kier alpha value is -2.74. The third-order valence-corrected chi connectivity index (χ3v) is 5.98. The molecule has 150 valence electrons. The van der Waals surface area contributed by atoms with E-state index in [-0.39, 0.29) is 16.8 Å². The van der Waals surface area contributed by atoms with Crippen molar-refractivity contribution in [2.24, 2.45) is 0 Å². The van der Waals surface area contributed by atoms with Crippen LogP contribution in [0.2, 0.25) is 0 Å². The minimum absolute atomic E-state index is 0.0407. The van der Waals surface area contributed by atoms with Gasteiger partial charge < -0.3 is 4.90 Å². The molecular formula is C21H19F2N3O2S. The van der Waals surface area contributed by atoms with Crippen molar-refractivity contribution in [3.63, 3.8) is 0 Å². The Morgan fingerprint density at radius 1 is 1.14 bits per heavy atom. The largest absolute Gasteiger partial charge is 0.342 e. The molecule has 0 N–H and O–H groups in total. The molecule has 1 fully saturated rings. The van der Waals surface area contributed by atoms with Crippen LogP contribution in [0, 0.1) is 11.6 Å². The number of para-hydroxylation sites is 1. The van der Waals surface area contributed by atoms with Gasteiger partial charge in [-0.15, -0.1) is 0 Å². The molecule has 0 spiro atoms. The lowest BCUT2D eigenvalue weighted by atomic mass is 10.2. The molecule has 1 atom stereocenters. The number of carbonyl (C=O) groups excluding carboxylic acids is 1. The molecule has 1 aromatic heterocycles. The van der Waals surface area contributed by atoms with E-state index in [1.807, 2.05) is 0 Å². The van der Waals surface area contributed by atoms with E-state index in [1.54, 1.807) is 36.1 Å². The van der Waals surface area contributed by atoms with E-state index in [1.165, 1.54) is 6.07 Å². The van der Waals surface area contributed by atoms with Gasteiger partial charge in [-0.05, 0) is 44.0 Å². The van der Waals surface area contributed by atoms with E-state index in [0.29, 0.717) is 24.0 Å². The average molecular weight is 415 g/mol. The van der Waals surface area contributed by atoms with Gasteiger partial charge in [0.2, 0.25) is 5.91 Å². The molecule has 0 bridgehead atoms. The molecule has 0 saturated carbocycles. The molecule has 2 aromatic carbocycles. The third kappa shape index (κ3) is 3.76. The van der Waals surface area contributed by atoms with E-state index in [4.69, 9.17) is 0 Å². The summed E-state index contributed by atoms with van der Waals surface area (Å²) in [7, 11) is 0. The molecule has 1 saturated heterocycles. The van der Waals surface area contributed by atoms with E-state index < -0.39 is 22.4 Å². The van der Waals surface area contributed by atoms with Crippen LogP contribution in [0.25, 0.3) is 16.6 Å². The van der Waals surface area contributed by atoms with Gasteiger partial charge in [0.15, 0.2) is 5.16 Å². The summed E-state index contributed by atoms with van der Waals surface area (Å²) in [6.07, 6.45) is 1.95. The zero-order valence-electron chi connectivity index (χ0n) is 15.8. The maximum absolute atomic E-state index is 14.5. The summed E-state index contributed by atoms with van der Waals surface area (Å²) in [5.74, 6) is -1.65. The lowest BCUT2D eigenvalue weighted by molar-refractivity contribution is -0.129. The zero-order chi connectivity index (χ0) is 20.5. The third-order valence-electron chi connectivity index (χ3n) is 4.94. The summed E-state index contributed by atoms with van der Waals surface area (Å²) in [5.41, 5.74) is -0.109. The van der Waals surface area contributed by atoms with Gasteiger partial charge in [-0.2, -0.15) is 0 Å². The number of likely N-dealkylation sites (tertiary alicyclic amines) is 1. The molecule has 3 aromatic rings. The predicted octanol–water partition coefficient (Wildman–Crippen LogP) is 3.77. The molecule has 4 rings (SSSR count). The fourth-order valence-corrected chi connectivity index (χ4v) is 4.47. The first kappa shape index (κ1) is 19.6. The van der Waals surface area contributed by atoms with Crippen molar-refractivity contribution in [3.05, 3.63) is 64.5 Å². The number of fused-ring (bicyclic) bond motifs is 1. The van der Waals surface area contributed by atoms with Crippen molar-refractivity contribution < 1.29 is 13.6 Å². The molecule has 0 unspecified atom stereocenters. The van der Waals surface area contributed by atoms with Gasteiger partial charge in [-0.25, -0.2) is 13.8 Å². The topological polar surface area (TPSA) is 55.2 Å². The average Bonchev–Trinajstić information content (AvgIpc) is 3.23. The number of benzene rings is 2. The van der Waals surface area contributed by atoms with Gasteiger partial charge in [0, 0.05) is 19.2 Å². The van der Waals surface area contributed by atoms with Crippen molar-refractivity contribution in [3.8, 4) is 5.69 Å². The first-order chi connectivity index (χ1) is 14.0. The minimum atomic E-state index is -0.871. The first-order valence-electron chi connectivity index (χ1n) is 9.38. The number of hydrogen-bond acceptors (Lipinski definition) is 4. The van der Waals surface area contributed by atoms with Crippen LogP contribution in [0.4, 0.5) is 8.78 Å². The summed E-state index contributed by atoms with van der Waals surface area (Å²) in [5, 5.41) is 0.00859. The van der Waals surface area contributed by atoms with E-state index in [0.717, 1.165) is 41.3 Å². The quantitative estimate of drug-likeness (QED) is 0.481. The molecule has 29 heavy (non-hydrogen) atoms. The van der Waals surface area contributed by atoms with Crippen LogP contribution in [-0.4, -0.2) is 38.7 Å². The monoisotopic (exact) mass is 415 g/mol. The molecule has 1 amide bonds. The van der Waals surface area contributed by atoms with E-state index >= 15 is 0 Å². The Bertz CT molecular complexity index is 1140. The molecule has 2 heterocycles. The Balaban J connectivity index is 1.83. The number of amides is 1. The van der Waals surface area contributed by atoms with Crippen LogP contribution in [-0.2, 0) is 4.79 Å². The minimum Gasteiger partial charge on any atom is -0.342 e. The number of carbonyl (C=O) groups is 1. The van der Waals surface area contributed by atoms with Gasteiger partial charge >= 0.3 is 0 Å². The Kier molecular flexibility index (Phi) is 5.36. The van der Waals surface area contributed by atoms with Crippen LogP contribution < -0.4 is 5.56 Å². The molecular weight excluding hydrogens is 396 g/mol. The lowest BCUT2D eigenvalue weighted by Crippen LogP contribution is -2.34. The standard InChI is InChI=1S/C21H19F2N3O2S/c1-13(19(27)25-10-4-5-11-25)29-21-24-17-7-3-2-6-15(17)20(28)26(21)18-9-8-14(22)12-16(18)23/h2-3,6-9,12-13H,4-5,10-11H2,1H3/t13-/m0/s1. The lowest BCUT2D eigenvalue weighted by Gasteiger charge is -2.21. The second kappa shape index (κ2) is 7.94. The normalized spacial score (nSPS) is 15.1. The SMILES string of the molecule is C[C@H](Sc1nc2ccccc2c(=O)n1-c1ccc(F)cc1F)C(=O)N1CCCC1. The number of thioether (sulfide) groups is 1. The van der Waals surface area contributed by atoms with Gasteiger partial charge in [-0.3, -0.25) is 14.2 Å². The fraction of sp³-hybridized carbons (Fsp3) is 0.286. The Labute approximate surface area is 170 Å². The predicted molar refractivity (Wildman–Crippen MR) is 108 cm³/mol. The van der Waals surface area contributed by atoms with Gasteiger partial charge in [-0.1, -0.05) is 23.9 Å². The van der Waals surface area contributed by atoms with Crippen molar-refractivity contribution in [2.45, 2.75) is 30.2 Å². The maximum Gasteiger partial charge on any atom is 0.266 e. The summed E-state index contributed by atoms with van der Waals surface area (Å²) in [6.45, 7) is 3.18. The molecule has 1 aliphatic rings. The second-order valence-electron chi connectivity index (χ2n) is 6.94. The summed E-state index contributed by atoms with van der Waals surface area (Å²) in [4.78, 5) is 32.2. The molecule has 5 nitrogen and oxygen atoms in total. The number of nitrogens with zero attached hydrogens (tertiary/aromatic N) is 3.